The molecule has 1 atom stereocenters. The van der Waals surface area contributed by atoms with Crippen LogP contribution in [0.4, 0.5) is 5.82 Å². The molecule has 1 aliphatic carbocycles. The molecule has 1 saturated carbocycles. The summed E-state index contributed by atoms with van der Waals surface area (Å²) < 4.78 is 0. The number of fused-ring (bicyclic) bond motifs is 1. The summed E-state index contributed by atoms with van der Waals surface area (Å²) in [5.41, 5.74) is 6.12. The molecule has 0 aromatic carbocycles. The number of carbonyl (C=O) groups excluding carboxylic acids is 2. The SMILES string of the molecule is CN(c1ncnc2[nH]ccc12)C1CN(C(=O)CCC(N)=O)CC12CC2. The molecule has 8 nitrogen and oxygen atoms in total. The van der Waals surface area contributed by atoms with Crippen LogP contribution >= 0.6 is 0 Å². The van der Waals surface area contributed by atoms with Crippen molar-refractivity contribution in [2.75, 3.05) is 25.0 Å². The Bertz CT molecular complexity index is 827. The lowest BCUT2D eigenvalue weighted by Crippen LogP contribution is -2.40. The molecule has 4 rings (SSSR count). The standard InChI is InChI=1S/C17H22N6O2/c1-22(16-11-4-7-19-15(11)20-10-21-16)12-8-23(9-17(12)5-6-17)14(25)3-2-13(18)24/h4,7,10,12H,2-3,5-6,8-9H2,1H3,(H2,18,24)(H,19,20,21). The second kappa shape index (κ2) is 5.72. The van der Waals surface area contributed by atoms with Gasteiger partial charge in [-0.05, 0) is 18.9 Å². The molecule has 25 heavy (non-hydrogen) atoms. The van der Waals surface area contributed by atoms with Gasteiger partial charge in [-0.2, -0.15) is 0 Å². The van der Waals surface area contributed by atoms with Crippen LogP contribution in [0.2, 0.25) is 0 Å². The maximum atomic E-state index is 12.4. The fourth-order valence-electron chi connectivity index (χ4n) is 4.00. The summed E-state index contributed by atoms with van der Waals surface area (Å²) in [5, 5.41) is 0.985. The van der Waals surface area contributed by atoms with E-state index in [2.05, 4.69) is 19.9 Å². The van der Waals surface area contributed by atoms with Crippen LogP contribution in [0, 0.1) is 5.41 Å². The summed E-state index contributed by atoms with van der Waals surface area (Å²) in [4.78, 5) is 39.3. The van der Waals surface area contributed by atoms with E-state index in [1.165, 1.54) is 0 Å². The van der Waals surface area contributed by atoms with Crippen molar-refractivity contribution < 1.29 is 9.59 Å². The highest BCUT2D eigenvalue weighted by Crippen LogP contribution is 2.55. The zero-order chi connectivity index (χ0) is 17.6. The molecule has 2 aromatic heterocycles. The van der Waals surface area contributed by atoms with Gasteiger partial charge in [-0.15, -0.1) is 0 Å². The molecular weight excluding hydrogens is 320 g/mol. The van der Waals surface area contributed by atoms with Gasteiger partial charge in [0.2, 0.25) is 11.8 Å². The molecule has 1 aliphatic heterocycles. The highest BCUT2D eigenvalue weighted by atomic mass is 16.2. The first kappa shape index (κ1) is 15.9. The molecule has 132 valence electrons. The second-order valence-electron chi connectivity index (χ2n) is 7.17. The molecule has 8 heteroatoms. The summed E-state index contributed by atoms with van der Waals surface area (Å²) >= 11 is 0. The van der Waals surface area contributed by atoms with E-state index < -0.39 is 5.91 Å². The van der Waals surface area contributed by atoms with Gasteiger partial charge < -0.3 is 20.5 Å². The van der Waals surface area contributed by atoms with Crippen molar-refractivity contribution in [1.82, 2.24) is 19.9 Å². The van der Waals surface area contributed by atoms with Crippen LogP contribution in [0.5, 0.6) is 0 Å². The van der Waals surface area contributed by atoms with Crippen molar-refractivity contribution in [3.05, 3.63) is 18.6 Å². The van der Waals surface area contributed by atoms with Crippen molar-refractivity contribution >= 4 is 28.7 Å². The number of amides is 2. The van der Waals surface area contributed by atoms with Gasteiger partial charge >= 0.3 is 0 Å². The van der Waals surface area contributed by atoms with Gasteiger partial charge in [0.05, 0.1) is 11.4 Å². The molecule has 0 radical (unpaired) electrons. The number of hydrogen-bond acceptors (Lipinski definition) is 5. The van der Waals surface area contributed by atoms with Crippen molar-refractivity contribution in [3.63, 3.8) is 0 Å². The minimum atomic E-state index is -0.432. The monoisotopic (exact) mass is 342 g/mol. The number of nitrogens with two attached hydrogens (primary N) is 1. The third kappa shape index (κ3) is 2.71. The first-order valence-electron chi connectivity index (χ1n) is 8.57. The van der Waals surface area contributed by atoms with Crippen LogP contribution in [-0.4, -0.2) is 57.8 Å². The van der Waals surface area contributed by atoms with Gasteiger partial charge in [0.15, 0.2) is 0 Å². The summed E-state index contributed by atoms with van der Waals surface area (Å²) in [7, 11) is 2.04. The Balaban J connectivity index is 1.55. The highest BCUT2D eigenvalue weighted by Gasteiger charge is 2.57. The van der Waals surface area contributed by atoms with Gasteiger partial charge in [-0.1, -0.05) is 0 Å². The minimum Gasteiger partial charge on any atom is -0.370 e. The Morgan fingerprint density at radius 1 is 1.40 bits per heavy atom. The van der Waals surface area contributed by atoms with Crippen molar-refractivity contribution in [2.24, 2.45) is 11.1 Å². The smallest absolute Gasteiger partial charge is 0.223 e. The molecule has 2 amide bonds. The fourth-order valence-corrected chi connectivity index (χ4v) is 4.00. The van der Waals surface area contributed by atoms with E-state index in [1.807, 2.05) is 24.2 Å². The lowest BCUT2D eigenvalue weighted by atomic mass is 9.99. The summed E-state index contributed by atoms with van der Waals surface area (Å²) in [6.07, 6.45) is 5.95. The molecule has 1 unspecified atom stereocenters. The van der Waals surface area contributed by atoms with E-state index in [1.54, 1.807) is 6.33 Å². The third-order valence-electron chi connectivity index (χ3n) is 5.57. The quantitative estimate of drug-likeness (QED) is 0.829. The second-order valence-corrected chi connectivity index (χ2v) is 7.17. The number of rotatable bonds is 5. The van der Waals surface area contributed by atoms with Crippen LogP contribution in [0.25, 0.3) is 11.0 Å². The number of H-pyrrole nitrogens is 1. The Morgan fingerprint density at radius 3 is 2.92 bits per heavy atom. The maximum Gasteiger partial charge on any atom is 0.223 e. The van der Waals surface area contributed by atoms with Crippen LogP contribution in [-0.2, 0) is 9.59 Å². The number of likely N-dealkylation sites (N-methyl/N-ethyl adjacent to an activating group) is 1. The fraction of sp³-hybridized carbons (Fsp3) is 0.529. The van der Waals surface area contributed by atoms with Gasteiger partial charge in [-0.3, -0.25) is 9.59 Å². The number of nitrogens with one attached hydrogen (secondary N) is 1. The Morgan fingerprint density at radius 2 is 2.20 bits per heavy atom. The van der Waals surface area contributed by atoms with E-state index >= 15 is 0 Å². The number of aromatic amines is 1. The molecule has 3 heterocycles. The first-order valence-corrected chi connectivity index (χ1v) is 8.57. The zero-order valence-corrected chi connectivity index (χ0v) is 14.2. The molecule has 1 saturated heterocycles. The van der Waals surface area contributed by atoms with E-state index in [0.29, 0.717) is 6.54 Å². The predicted molar refractivity (Wildman–Crippen MR) is 92.8 cm³/mol. The number of carbonyl (C=O) groups is 2. The summed E-state index contributed by atoms with van der Waals surface area (Å²) in [6.45, 7) is 1.41. The molecule has 1 spiro atoms. The Kier molecular flexibility index (Phi) is 3.63. The predicted octanol–water partition coefficient (Wildman–Crippen LogP) is 0.651. The van der Waals surface area contributed by atoms with Crippen LogP contribution in [0.3, 0.4) is 0 Å². The lowest BCUT2D eigenvalue weighted by Gasteiger charge is -2.30. The summed E-state index contributed by atoms with van der Waals surface area (Å²) in [6, 6.07) is 2.20. The summed E-state index contributed by atoms with van der Waals surface area (Å²) in [5.74, 6) is 0.461. The number of primary amides is 1. The topological polar surface area (TPSA) is 108 Å². The molecule has 2 aromatic rings. The lowest BCUT2D eigenvalue weighted by molar-refractivity contribution is -0.132. The van der Waals surface area contributed by atoms with E-state index in [4.69, 9.17) is 5.73 Å². The number of likely N-dealkylation sites (tertiary alicyclic amines) is 1. The average Bonchev–Trinajstić information content (AvgIpc) is 3.04. The average molecular weight is 342 g/mol. The molecule has 2 aliphatic rings. The van der Waals surface area contributed by atoms with E-state index in [9.17, 15) is 9.59 Å². The Hall–Kier alpha value is -2.64. The Labute approximate surface area is 145 Å². The van der Waals surface area contributed by atoms with Crippen molar-refractivity contribution in [1.29, 1.82) is 0 Å². The van der Waals surface area contributed by atoms with Gasteiger partial charge in [-0.25, -0.2) is 9.97 Å². The van der Waals surface area contributed by atoms with E-state index in [-0.39, 0.29) is 30.2 Å². The maximum absolute atomic E-state index is 12.4. The highest BCUT2D eigenvalue weighted by molar-refractivity contribution is 5.87. The number of hydrogen-bond donors (Lipinski definition) is 2. The van der Waals surface area contributed by atoms with Crippen LogP contribution in [0.1, 0.15) is 25.7 Å². The van der Waals surface area contributed by atoms with Gasteiger partial charge in [0.25, 0.3) is 0 Å². The third-order valence-corrected chi connectivity index (χ3v) is 5.57. The van der Waals surface area contributed by atoms with Gasteiger partial charge in [0, 0.05) is 44.6 Å². The molecule has 0 bridgehead atoms. The zero-order valence-electron chi connectivity index (χ0n) is 14.2. The number of nitrogens with zero attached hydrogens (tertiary/aromatic N) is 4. The van der Waals surface area contributed by atoms with E-state index in [0.717, 1.165) is 36.2 Å². The van der Waals surface area contributed by atoms with Crippen molar-refractivity contribution in [3.8, 4) is 0 Å². The minimum absolute atomic E-state index is 0.00968. The van der Waals surface area contributed by atoms with Crippen molar-refractivity contribution in [2.45, 2.75) is 31.7 Å². The number of aromatic nitrogens is 3. The molecule has 2 fully saturated rings. The van der Waals surface area contributed by atoms with Gasteiger partial charge in [0.1, 0.15) is 17.8 Å². The largest absolute Gasteiger partial charge is 0.370 e. The normalized spacial score (nSPS) is 21.0. The van der Waals surface area contributed by atoms with Crippen LogP contribution < -0.4 is 10.6 Å². The molecular formula is C17H22N6O2. The van der Waals surface area contributed by atoms with Crippen LogP contribution in [0.15, 0.2) is 18.6 Å². The first-order chi connectivity index (χ1) is 12.0. The molecule has 3 N–H and O–H groups in total. The number of anilines is 1.